The number of nitrogens with zero attached hydrogens (tertiary/aromatic N) is 2. The van der Waals surface area contributed by atoms with Gasteiger partial charge in [-0.1, -0.05) is 30.3 Å². The van der Waals surface area contributed by atoms with Gasteiger partial charge in [0.1, 0.15) is 5.60 Å². The zero-order valence-corrected chi connectivity index (χ0v) is 14.7. The van der Waals surface area contributed by atoms with Crippen molar-refractivity contribution in [1.29, 1.82) is 0 Å². The number of benzene rings is 1. The molecule has 1 aliphatic carbocycles. The topological polar surface area (TPSA) is 84.3 Å². The molecule has 1 aromatic carbocycles. The Hall–Kier alpha value is -2.63. The monoisotopic (exact) mass is 341 g/mol. The molecule has 6 nitrogen and oxygen atoms in total. The first-order valence-electron chi connectivity index (χ1n) is 8.45. The van der Waals surface area contributed by atoms with E-state index in [9.17, 15) is 9.90 Å². The molecule has 1 aromatic heterocycles. The molecule has 0 aliphatic heterocycles. The molecule has 2 aromatic rings. The number of nitrogens with one attached hydrogen (secondary N) is 1. The van der Waals surface area contributed by atoms with Crippen LogP contribution in [0.5, 0.6) is 5.88 Å². The highest BCUT2D eigenvalue weighted by atomic mass is 16.6. The summed E-state index contributed by atoms with van der Waals surface area (Å²) in [5.74, 6) is 0.509. The van der Waals surface area contributed by atoms with Crippen LogP contribution in [0.3, 0.4) is 0 Å². The van der Waals surface area contributed by atoms with Crippen molar-refractivity contribution in [3.05, 3.63) is 41.6 Å². The lowest BCUT2D eigenvalue weighted by molar-refractivity contribution is 0.0499. The van der Waals surface area contributed by atoms with Crippen LogP contribution in [0.4, 0.5) is 4.79 Å². The van der Waals surface area contributed by atoms with Crippen LogP contribution in [0.15, 0.2) is 30.3 Å². The number of rotatable bonds is 2. The summed E-state index contributed by atoms with van der Waals surface area (Å²) in [6, 6.07) is 9.48. The summed E-state index contributed by atoms with van der Waals surface area (Å²) >= 11 is 0. The normalized spacial score (nSPS) is 16.8. The van der Waals surface area contributed by atoms with Crippen LogP contribution in [-0.4, -0.2) is 32.8 Å². The first-order valence-corrected chi connectivity index (χ1v) is 8.45. The third-order valence-corrected chi connectivity index (χ3v) is 4.00. The summed E-state index contributed by atoms with van der Waals surface area (Å²) in [5.41, 5.74) is 1.88. The molecular weight excluding hydrogens is 318 g/mol. The largest absolute Gasteiger partial charge is 0.493 e. The van der Waals surface area contributed by atoms with E-state index in [1.54, 1.807) is 0 Å². The Morgan fingerprint density at radius 2 is 1.96 bits per heavy atom. The van der Waals surface area contributed by atoms with Gasteiger partial charge < -0.3 is 15.2 Å². The number of hydrogen-bond acceptors (Lipinski definition) is 5. The number of aromatic nitrogens is 2. The SMILES string of the molecule is CC(C)(C)OC(=O)NC1CCc2nc(-c3ccccc3)nc(O)c2C1. The third-order valence-electron chi connectivity index (χ3n) is 4.00. The molecule has 0 saturated heterocycles. The maximum Gasteiger partial charge on any atom is 0.407 e. The Labute approximate surface area is 147 Å². The molecule has 0 spiro atoms. The lowest BCUT2D eigenvalue weighted by Crippen LogP contribution is -2.42. The average Bonchev–Trinajstić information content (AvgIpc) is 2.54. The van der Waals surface area contributed by atoms with Crippen molar-refractivity contribution in [2.45, 2.75) is 51.7 Å². The van der Waals surface area contributed by atoms with E-state index < -0.39 is 11.7 Å². The molecule has 0 radical (unpaired) electrons. The second-order valence-corrected chi connectivity index (χ2v) is 7.25. The highest BCUT2D eigenvalue weighted by Gasteiger charge is 2.27. The Morgan fingerprint density at radius 3 is 2.64 bits per heavy atom. The van der Waals surface area contributed by atoms with E-state index >= 15 is 0 Å². The predicted molar refractivity (Wildman–Crippen MR) is 94.3 cm³/mol. The van der Waals surface area contributed by atoms with Crippen LogP contribution < -0.4 is 5.32 Å². The number of ether oxygens (including phenoxy) is 1. The zero-order chi connectivity index (χ0) is 18.0. The summed E-state index contributed by atoms with van der Waals surface area (Å²) in [5, 5.41) is 13.2. The molecule has 0 bridgehead atoms. The summed E-state index contributed by atoms with van der Waals surface area (Å²) in [6.07, 6.45) is 1.47. The summed E-state index contributed by atoms with van der Waals surface area (Å²) in [4.78, 5) is 20.8. The lowest BCUT2D eigenvalue weighted by atomic mass is 9.92. The van der Waals surface area contributed by atoms with Crippen molar-refractivity contribution in [1.82, 2.24) is 15.3 Å². The molecule has 1 aliphatic rings. The third kappa shape index (κ3) is 4.26. The molecule has 1 heterocycles. The number of carbonyl (C=O) groups excluding carboxylic acids is 1. The number of aromatic hydroxyl groups is 1. The van der Waals surface area contributed by atoms with Crippen molar-refractivity contribution in [3.63, 3.8) is 0 Å². The van der Waals surface area contributed by atoms with Crippen molar-refractivity contribution < 1.29 is 14.6 Å². The van der Waals surface area contributed by atoms with Crippen LogP contribution in [0.25, 0.3) is 11.4 Å². The molecule has 0 fully saturated rings. The van der Waals surface area contributed by atoms with Crippen LogP contribution in [0.2, 0.25) is 0 Å². The van der Waals surface area contributed by atoms with Gasteiger partial charge in [0.25, 0.3) is 0 Å². The van der Waals surface area contributed by atoms with Gasteiger partial charge in [-0.15, -0.1) is 0 Å². The number of fused-ring (bicyclic) bond motifs is 1. The molecule has 25 heavy (non-hydrogen) atoms. The number of aryl methyl sites for hydroxylation is 1. The van der Waals surface area contributed by atoms with Gasteiger partial charge in [-0.25, -0.2) is 9.78 Å². The molecule has 132 valence electrons. The maximum absolute atomic E-state index is 11.9. The van der Waals surface area contributed by atoms with E-state index in [2.05, 4.69) is 15.3 Å². The zero-order valence-electron chi connectivity index (χ0n) is 14.7. The van der Waals surface area contributed by atoms with Gasteiger partial charge in [0.2, 0.25) is 5.88 Å². The summed E-state index contributed by atoms with van der Waals surface area (Å²) < 4.78 is 5.29. The Kier molecular flexibility index (Phi) is 4.61. The van der Waals surface area contributed by atoms with Crippen LogP contribution in [0.1, 0.15) is 38.4 Å². The van der Waals surface area contributed by atoms with E-state index in [-0.39, 0.29) is 11.9 Å². The first-order chi connectivity index (χ1) is 11.8. The molecule has 1 atom stereocenters. The fourth-order valence-electron chi connectivity index (χ4n) is 2.91. The molecule has 0 saturated carbocycles. The van der Waals surface area contributed by atoms with Gasteiger partial charge >= 0.3 is 6.09 Å². The first kappa shape index (κ1) is 17.2. The highest BCUT2D eigenvalue weighted by Crippen LogP contribution is 2.29. The summed E-state index contributed by atoms with van der Waals surface area (Å²) in [7, 11) is 0. The second kappa shape index (κ2) is 6.70. The number of alkyl carbamates (subject to hydrolysis) is 1. The Balaban J connectivity index is 1.75. The van der Waals surface area contributed by atoms with Gasteiger partial charge in [-0.05, 0) is 40.0 Å². The second-order valence-electron chi connectivity index (χ2n) is 7.25. The highest BCUT2D eigenvalue weighted by molar-refractivity contribution is 5.68. The lowest BCUT2D eigenvalue weighted by Gasteiger charge is -2.27. The molecule has 3 rings (SSSR count). The van der Waals surface area contributed by atoms with Crippen LogP contribution in [-0.2, 0) is 17.6 Å². The fourth-order valence-corrected chi connectivity index (χ4v) is 2.91. The van der Waals surface area contributed by atoms with E-state index in [1.807, 2.05) is 51.1 Å². The van der Waals surface area contributed by atoms with E-state index in [0.717, 1.165) is 17.7 Å². The number of hydrogen-bond donors (Lipinski definition) is 2. The summed E-state index contributed by atoms with van der Waals surface area (Å²) in [6.45, 7) is 5.48. The molecule has 1 amide bonds. The Bertz CT molecular complexity index is 769. The smallest absolute Gasteiger partial charge is 0.407 e. The minimum Gasteiger partial charge on any atom is -0.493 e. The Morgan fingerprint density at radius 1 is 1.24 bits per heavy atom. The molecular formula is C19H23N3O3. The minimum absolute atomic E-state index is 0.0143. The van der Waals surface area contributed by atoms with Gasteiger partial charge in [0, 0.05) is 17.2 Å². The van der Waals surface area contributed by atoms with Gasteiger partial charge in [-0.2, -0.15) is 4.98 Å². The van der Waals surface area contributed by atoms with Crippen molar-refractivity contribution in [2.24, 2.45) is 0 Å². The standard InChI is InChI=1S/C19H23N3O3/c1-19(2,3)25-18(24)20-13-9-10-15-14(11-13)17(23)22-16(21-15)12-7-5-4-6-8-12/h4-8,13H,9-11H2,1-3H3,(H,20,24)(H,21,22,23). The fraction of sp³-hybridized carbons (Fsp3) is 0.421. The van der Waals surface area contributed by atoms with Crippen LogP contribution >= 0.6 is 0 Å². The average molecular weight is 341 g/mol. The quantitative estimate of drug-likeness (QED) is 0.876. The van der Waals surface area contributed by atoms with E-state index in [4.69, 9.17) is 4.74 Å². The van der Waals surface area contributed by atoms with E-state index in [1.165, 1.54) is 0 Å². The maximum atomic E-state index is 11.9. The molecule has 2 N–H and O–H groups in total. The van der Waals surface area contributed by atoms with Crippen molar-refractivity contribution >= 4 is 6.09 Å². The van der Waals surface area contributed by atoms with E-state index in [0.29, 0.717) is 24.2 Å². The number of amides is 1. The van der Waals surface area contributed by atoms with Crippen LogP contribution in [0, 0.1) is 0 Å². The van der Waals surface area contributed by atoms with Gasteiger partial charge in [0.05, 0.1) is 5.69 Å². The van der Waals surface area contributed by atoms with Crippen molar-refractivity contribution in [3.8, 4) is 17.3 Å². The predicted octanol–water partition coefficient (Wildman–Crippen LogP) is 3.23. The molecule has 6 heteroatoms. The van der Waals surface area contributed by atoms with Gasteiger partial charge in [-0.3, -0.25) is 0 Å². The van der Waals surface area contributed by atoms with Crippen molar-refractivity contribution in [2.75, 3.05) is 0 Å². The van der Waals surface area contributed by atoms with Gasteiger partial charge in [0.15, 0.2) is 5.82 Å². The minimum atomic E-state index is -0.535. The molecule has 1 unspecified atom stereocenters. The number of carbonyl (C=O) groups is 1.